The summed E-state index contributed by atoms with van der Waals surface area (Å²) in [6.45, 7) is 0. The van der Waals surface area contributed by atoms with Crippen molar-refractivity contribution in [1.82, 2.24) is 5.43 Å². The molecular formula is C18H16N2O5. The maximum Gasteiger partial charge on any atom is 0.282 e. The van der Waals surface area contributed by atoms with E-state index in [1.165, 1.54) is 37.4 Å². The zero-order valence-electron chi connectivity index (χ0n) is 13.6. The molecule has 0 spiro atoms. The summed E-state index contributed by atoms with van der Waals surface area (Å²) in [6.07, 6.45) is 1.42. The highest BCUT2D eigenvalue weighted by atomic mass is 16.5. The van der Waals surface area contributed by atoms with E-state index < -0.39 is 11.8 Å². The summed E-state index contributed by atoms with van der Waals surface area (Å²) in [7, 11) is 2.80. The van der Waals surface area contributed by atoms with Crippen LogP contribution in [-0.2, 0) is 9.59 Å². The molecule has 2 aromatic carbocycles. The van der Waals surface area contributed by atoms with Crippen LogP contribution in [0, 0.1) is 0 Å². The molecule has 1 aliphatic heterocycles. The lowest BCUT2D eigenvalue weighted by atomic mass is 10.1. The summed E-state index contributed by atoms with van der Waals surface area (Å²) in [5.41, 5.74) is 3.54. The summed E-state index contributed by atoms with van der Waals surface area (Å²) in [5, 5.41) is 11.1. The second-order valence-electron chi connectivity index (χ2n) is 5.25. The van der Waals surface area contributed by atoms with Crippen LogP contribution < -0.4 is 19.9 Å². The fourth-order valence-corrected chi connectivity index (χ4v) is 2.48. The van der Waals surface area contributed by atoms with Gasteiger partial charge in [-0.3, -0.25) is 15.0 Å². The molecule has 1 saturated heterocycles. The number of hydrogen-bond donors (Lipinski definition) is 2. The molecule has 0 bridgehead atoms. The van der Waals surface area contributed by atoms with E-state index in [4.69, 9.17) is 9.47 Å². The van der Waals surface area contributed by atoms with Crippen LogP contribution in [0.2, 0.25) is 0 Å². The van der Waals surface area contributed by atoms with Gasteiger partial charge in [0, 0.05) is 0 Å². The molecule has 0 aliphatic carbocycles. The number of methoxy groups -OCH3 is 2. The van der Waals surface area contributed by atoms with Gasteiger partial charge in [0.2, 0.25) is 5.75 Å². The Morgan fingerprint density at radius 3 is 2.20 bits per heavy atom. The standard InChI is InChI=1S/C18H16N2O5/c1-24-14-9-11(10-15(25-2)16(14)21)8-13-17(22)19-20(18(13)23)12-6-4-3-5-7-12/h3-10,21H,1-2H3,(H,19,22)/b13-8+. The fourth-order valence-electron chi connectivity index (χ4n) is 2.48. The van der Waals surface area contributed by atoms with Gasteiger partial charge in [-0.15, -0.1) is 0 Å². The second kappa shape index (κ2) is 6.56. The smallest absolute Gasteiger partial charge is 0.282 e. The summed E-state index contributed by atoms with van der Waals surface area (Å²) >= 11 is 0. The van der Waals surface area contributed by atoms with Crippen molar-refractivity contribution in [3.63, 3.8) is 0 Å². The van der Waals surface area contributed by atoms with Crippen molar-refractivity contribution in [1.29, 1.82) is 0 Å². The maximum atomic E-state index is 12.6. The van der Waals surface area contributed by atoms with Gasteiger partial charge in [-0.05, 0) is 35.9 Å². The average Bonchev–Trinajstić information content (AvgIpc) is 2.91. The largest absolute Gasteiger partial charge is 0.502 e. The van der Waals surface area contributed by atoms with Crippen molar-refractivity contribution in [2.45, 2.75) is 0 Å². The lowest BCUT2D eigenvalue weighted by molar-refractivity contribution is -0.117. The van der Waals surface area contributed by atoms with Crippen LogP contribution in [0.15, 0.2) is 48.0 Å². The van der Waals surface area contributed by atoms with Gasteiger partial charge < -0.3 is 14.6 Å². The Bertz CT molecular complexity index is 836. The molecule has 0 unspecified atom stereocenters. The Labute approximate surface area is 144 Å². The highest BCUT2D eigenvalue weighted by Gasteiger charge is 2.34. The normalized spacial score (nSPS) is 15.4. The Morgan fingerprint density at radius 2 is 1.64 bits per heavy atom. The summed E-state index contributed by atoms with van der Waals surface area (Å²) in [6, 6.07) is 11.8. The molecule has 7 nitrogen and oxygen atoms in total. The monoisotopic (exact) mass is 340 g/mol. The topological polar surface area (TPSA) is 88.1 Å². The van der Waals surface area contributed by atoms with Crippen molar-refractivity contribution in [2.24, 2.45) is 0 Å². The lowest BCUT2D eigenvalue weighted by Crippen LogP contribution is -2.35. The zero-order valence-corrected chi connectivity index (χ0v) is 13.6. The van der Waals surface area contributed by atoms with Crippen molar-refractivity contribution in [2.75, 3.05) is 19.2 Å². The van der Waals surface area contributed by atoms with E-state index in [2.05, 4.69) is 5.43 Å². The van der Waals surface area contributed by atoms with Gasteiger partial charge in [0.1, 0.15) is 5.57 Å². The molecule has 3 rings (SSSR count). The molecule has 1 fully saturated rings. The summed E-state index contributed by atoms with van der Waals surface area (Å²) in [5.74, 6) is -0.781. The highest BCUT2D eigenvalue weighted by Crippen LogP contribution is 2.38. The molecule has 0 radical (unpaired) electrons. The number of carbonyl (C=O) groups excluding carboxylic acids is 2. The van der Waals surface area contributed by atoms with Crippen LogP contribution in [0.4, 0.5) is 5.69 Å². The minimum atomic E-state index is -0.514. The van der Waals surface area contributed by atoms with E-state index in [0.717, 1.165) is 0 Å². The predicted octanol–water partition coefficient (Wildman–Crippen LogP) is 1.87. The number of para-hydroxylation sites is 1. The maximum absolute atomic E-state index is 12.6. The fraction of sp³-hybridized carbons (Fsp3) is 0.111. The van der Waals surface area contributed by atoms with E-state index in [0.29, 0.717) is 11.3 Å². The first-order valence-electron chi connectivity index (χ1n) is 7.42. The average molecular weight is 340 g/mol. The molecule has 25 heavy (non-hydrogen) atoms. The zero-order chi connectivity index (χ0) is 18.0. The Kier molecular flexibility index (Phi) is 4.30. The van der Waals surface area contributed by atoms with Crippen molar-refractivity contribution < 1.29 is 24.2 Å². The number of anilines is 1. The van der Waals surface area contributed by atoms with Gasteiger partial charge >= 0.3 is 0 Å². The second-order valence-corrected chi connectivity index (χ2v) is 5.25. The van der Waals surface area contributed by atoms with E-state index in [9.17, 15) is 14.7 Å². The van der Waals surface area contributed by atoms with Crippen LogP contribution >= 0.6 is 0 Å². The number of benzene rings is 2. The van der Waals surface area contributed by atoms with Crippen LogP contribution in [0.3, 0.4) is 0 Å². The third-order valence-corrected chi connectivity index (χ3v) is 3.72. The van der Waals surface area contributed by atoms with Gasteiger partial charge in [0.15, 0.2) is 11.5 Å². The number of phenolic OH excluding ortho intramolecular Hbond substituents is 1. The molecular weight excluding hydrogens is 324 g/mol. The number of carbonyl (C=O) groups is 2. The first kappa shape index (κ1) is 16.4. The van der Waals surface area contributed by atoms with Crippen LogP contribution in [0.25, 0.3) is 6.08 Å². The van der Waals surface area contributed by atoms with Crippen molar-refractivity contribution in [3.8, 4) is 17.2 Å². The summed E-state index contributed by atoms with van der Waals surface area (Å²) < 4.78 is 10.2. The molecule has 0 saturated carbocycles. The number of phenols is 1. The number of nitrogens with one attached hydrogen (secondary N) is 1. The molecule has 0 atom stereocenters. The van der Waals surface area contributed by atoms with E-state index in [1.54, 1.807) is 24.3 Å². The van der Waals surface area contributed by atoms with Crippen molar-refractivity contribution >= 4 is 23.6 Å². The van der Waals surface area contributed by atoms with Gasteiger partial charge in [-0.25, -0.2) is 5.01 Å². The quantitative estimate of drug-likeness (QED) is 0.655. The van der Waals surface area contributed by atoms with Crippen LogP contribution in [0.1, 0.15) is 5.56 Å². The Morgan fingerprint density at radius 1 is 1.04 bits per heavy atom. The third-order valence-electron chi connectivity index (χ3n) is 3.72. The molecule has 2 aromatic rings. The van der Waals surface area contributed by atoms with E-state index in [-0.39, 0.29) is 22.8 Å². The van der Waals surface area contributed by atoms with Crippen molar-refractivity contribution in [3.05, 3.63) is 53.6 Å². The van der Waals surface area contributed by atoms with E-state index >= 15 is 0 Å². The third kappa shape index (κ3) is 2.99. The lowest BCUT2D eigenvalue weighted by Gasteiger charge is -2.13. The number of nitrogens with zero attached hydrogens (tertiary/aromatic N) is 1. The number of ether oxygens (including phenoxy) is 2. The number of aromatic hydroxyl groups is 1. The van der Waals surface area contributed by atoms with Crippen LogP contribution in [-0.4, -0.2) is 31.1 Å². The highest BCUT2D eigenvalue weighted by molar-refractivity contribution is 6.31. The molecule has 128 valence electrons. The summed E-state index contributed by atoms with van der Waals surface area (Å²) in [4.78, 5) is 24.8. The van der Waals surface area contributed by atoms with E-state index in [1.807, 2.05) is 6.07 Å². The number of hydrazine groups is 1. The first-order chi connectivity index (χ1) is 12.0. The minimum Gasteiger partial charge on any atom is -0.502 e. The van der Waals surface area contributed by atoms with Gasteiger partial charge in [-0.1, -0.05) is 18.2 Å². The minimum absolute atomic E-state index is 0.0290. The number of rotatable bonds is 4. The predicted molar refractivity (Wildman–Crippen MR) is 91.3 cm³/mol. The molecule has 2 N–H and O–H groups in total. The van der Waals surface area contributed by atoms with Gasteiger partial charge in [0.05, 0.1) is 19.9 Å². The molecule has 0 aromatic heterocycles. The Balaban J connectivity index is 1.99. The number of amides is 2. The van der Waals surface area contributed by atoms with Crippen LogP contribution in [0.5, 0.6) is 17.2 Å². The Hall–Kier alpha value is -3.48. The molecule has 1 heterocycles. The van der Waals surface area contributed by atoms with Gasteiger partial charge in [0.25, 0.3) is 11.8 Å². The SMILES string of the molecule is COc1cc(/C=C2\C(=O)NN(c3ccccc3)C2=O)cc(OC)c1O. The molecule has 2 amide bonds. The van der Waals surface area contributed by atoms with Gasteiger partial charge in [-0.2, -0.15) is 0 Å². The first-order valence-corrected chi connectivity index (χ1v) is 7.42. The molecule has 7 heteroatoms. The molecule has 1 aliphatic rings. The number of hydrogen-bond acceptors (Lipinski definition) is 5.